The van der Waals surface area contributed by atoms with Gasteiger partial charge in [-0.3, -0.25) is 0 Å². The third kappa shape index (κ3) is 3.68. The summed E-state index contributed by atoms with van der Waals surface area (Å²) in [5, 5.41) is 3.83. The minimum atomic E-state index is 0.509. The van der Waals surface area contributed by atoms with E-state index in [4.69, 9.17) is 4.74 Å². The SMILES string of the molecule is CCOC1CC(NCCCCCSC)C12CCCC2. The van der Waals surface area contributed by atoms with E-state index < -0.39 is 0 Å². The molecule has 3 heteroatoms. The van der Waals surface area contributed by atoms with E-state index in [-0.39, 0.29) is 0 Å². The highest BCUT2D eigenvalue weighted by Crippen LogP contribution is 2.54. The summed E-state index contributed by atoms with van der Waals surface area (Å²) in [5.74, 6) is 1.32. The number of unbranched alkanes of at least 4 members (excludes halogenated alkanes) is 2. The third-order valence-electron chi connectivity index (χ3n) is 5.10. The molecule has 2 unspecified atom stereocenters. The molecule has 0 aromatic rings. The van der Waals surface area contributed by atoms with Crippen LogP contribution in [-0.2, 0) is 4.74 Å². The van der Waals surface area contributed by atoms with Gasteiger partial charge in [0.1, 0.15) is 0 Å². The van der Waals surface area contributed by atoms with Gasteiger partial charge in [-0.2, -0.15) is 11.8 Å². The smallest absolute Gasteiger partial charge is 0.0661 e. The molecule has 0 heterocycles. The van der Waals surface area contributed by atoms with E-state index in [1.54, 1.807) is 0 Å². The predicted molar refractivity (Wildman–Crippen MR) is 85.0 cm³/mol. The molecule has 2 nitrogen and oxygen atoms in total. The lowest BCUT2D eigenvalue weighted by Gasteiger charge is -2.54. The first-order valence-corrected chi connectivity index (χ1v) is 9.57. The Morgan fingerprint density at radius 1 is 1.21 bits per heavy atom. The summed E-state index contributed by atoms with van der Waals surface area (Å²) in [6.45, 7) is 4.22. The lowest BCUT2D eigenvalue weighted by Crippen LogP contribution is -2.62. The quantitative estimate of drug-likeness (QED) is 0.650. The van der Waals surface area contributed by atoms with Gasteiger partial charge in [0.2, 0.25) is 0 Å². The maximum atomic E-state index is 5.96. The highest BCUT2D eigenvalue weighted by atomic mass is 32.2. The van der Waals surface area contributed by atoms with E-state index in [1.165, 1.54) is 63.7 Å². The Labute approximate surface area is 123 Å². The molecule has 2 aliphatic carbocycles. The van der Waals surface area contributed by atoms with Crippen LogP contribution >= 0.6 is 11.8 Å². The van der Waals surface area contributed by atoms with E-state index in [2.05, 4.69) is 18.5 Å². The Morgan fingerprint density at radius 3 is 2.68 bits per heavy atom. The van der Waals surface area contributed by atoms with Gasteiger partial charge in [-0.25, -0.2) is 0 Å². The molecule has 0 radical (unpaired) electrons. The number of thioether (sulfide) groups is 1. The van der Waals surface area contributed by atoms with Crippen molar-refractivity contribution in [3.05, 3.63) is 0 Å². The lowest BCUT2D eigenvalue weighted by molar-refractivity contribution is -0.130. The van der Waals surface area contributed by atoms with E-state index in [0.29, 0.717) is 11.5 Å². The summed E-state index contributed by atoms with van der Waals surface area (Å²) in [6, 6.07) is 0.743. The van der Waals surface area contributed by atoms with Crippen LogP contribution in [0.3, 0.4) is 0 Å². The number of rotatable bonds is 9. The van der Waals surface area contributed by atoms with Crippen LogP contribution in [0, 0.1) is 5.41 Å². The molecule has 112 valence electrons. The average Bonchev–Trinajstić information content (AvgIpc) is 2.92. The Kier molecular flexibility index (Phi) is 6.51. The second-order valence-electron chi connectivity index (χ2n) is 6.18. The Hall–Kier alpha value is 0.270. The van der Waals surface area contributed by atoms with Gasteiger partial charge >= 0.3 is 0 Å². The van der Waals surface area contributed by atoms with Gasteiger partial charge < -0.3 is 10.1 Å². The van der Waals surface area contributed by atoms with Crippen LogP contribution in [0.2, 0.25) is 0 Å². The zero-order chi connectivity index (χ0) is 13.6. The highest BCUT2D eigenvalue weighted by Gasteiger charge is 2.56. The molecule has 0 aliphatic heterocycles. The van der Waals surface area contributed by atoms with E-state index in [0.717, 1.165) is 12.6 Å². The fourth-order valence-electron chi connectivity index (χ4n) is 4.00. The average molecular weight is 285 g/mol. The van der Waals surface area contributed by atoms with Gasteiger partial charge in [0.05, 0.1) is 6.10 Å². The van der Waals surface area contributed by atoms with Gasteiger partial charge in [-0.05, 0) is 57.6 Å². The molecule has 0 bridgehead atoms. The number of nitrogens with one attached hydrogen (secondary N) is 1. The Morgan fingerprint density at radius 2 is 2.00 bits per heavy atom. The van der Waals surface area contributed by atoms with Crippen molar-refractivity contribution < 1.29 is 4.74 Å². The van der Waals surface area contributed by atoms with Gasteiger partial charge in [-0.15, -0.1) is 0 Å². The molecule has 0 aromatic carbocycles. The summed E-state index contributed by atoms with van der Waals surface area (Å²) in [7, 11) is 0. The third-order valence-corrected chi connectivity index (χ3v) is 5.80. The normalized spacial score (nSPS) is 28.7. The van der Waals surface area contributed by atoms with Crippen LogP contribution in [0.1, 0.15) is 58.3 Å². The predicted octanol–water partition coefficient (Wildman–Crippen LogP) is 3.85. The first-order chi connectivity index (χ1) is 9.33. The van der Waals surface area contributed by atoms with Crippen LogP contribution in [0.5, 0.6) is 0 Å². The fourth-order valence-corrected chi connectivity index (χ4v) is 4.49. The minimum Gasteiger partial charge on any atom is -0.378 e. The zero-order valence-corrected chi connectivity index (χ0v) is 13.6. The van der Waals surface area contributed by atoms with Crippen molar-refractivity contribution in [2.45, 2.75) is 70.4 Å². The molecule has 2 saturated carbocycles. The molecule has 1 N–H and O–H groups in total. The first-order valence-electron chi connectivity index (χ1n) is 8.17. The molecule has 2 rings (SSSR count). The topological polar surface area (TPSA) is 21.3 Å². The standard InChI is InChI=1S/C16H31NOS/c1-3-18-15-13-14(16(15)9-5-6-10-16)17-11-7-4-8-12-19-2/h14-15,17H,3-13H2,1-2H3. The zero-order valence-electron chi connectivity index (χ0n) is 12.7. The number of hydrogen-bond acceptors (Lipinski definition) is 3. The fraction of sp³-hybridized carbons (Fsp3) is 1.00. The van der Waals surface area contributed by atoms with Crippen molar-refractivity contribution in [3.63, 3.8) is 0 Å². The summed E-state index contributed by atoms with van der Waals surface area (Å²) < 4.78 is 5.96. The second kappa shape index (κ2) is 7.90. The minimum absolute atomic E-state index is 0.509. The molecule has 0 aromatic heterocycles. The maximum Gasteiger partial charge on any atom is 0.0661 e. The van der Waals surface area contributed by atoms with Crippen molar-refractivity contribution in [1.29, 1.82) is 0 Å². The summed E-state index contributed by atoms with van der Waals surface area (Å²) in [5.41, 5.74) is 0.509. The molecule has 2 atom stereocenters. The van der Waals surface area contributed by atoms with Gasteiger partial charge in [0.25, 0.3) is 0 Å². The van der Waals surface area contributed by atoms with Crippen molar-refractivity contribution in [3.8, 4) is 0 Å². The molecule has 2 fully saturated rings. The van der Waals surface area contributed by atoms with Crippen molar-refractivity contribution in [1.82, 2.24) is 5.32 Å². The Balaban J connectivity index is 1.66. The highest BCUT2D eigenvalue weighted by molar-refractivity contribution is 7.98. The molecule has 0 saturated heterocycles. The lowest BCUT2D eigenvalue weighted by atomic mass is 9.60. The largest absolute Gasteiger partial charge is 0.378 e. The molecular formula is C16H31NOS. The molecule has 1 spiro atoms. The molecule has 0 amide bonds. The van der Waals surface area contributed by atoms with E-state index in [1.807, 2.05) is 11.8 Å². The van der Waals surface area contributed by atoms with Crippen LogP contribution < -0.4 is 5.32 Å². The Bertz CT molecular complexity index is 253. The van der Waals surface area contributed by atoms with Crippen molar-refractivity contribution in [2.75, 3.05) is 25.2 Å². The van der Waals surface area contributed by atoms with E-state index >= 15 is 0 Å². The number of ether oxygens (including phenoxy) is 1. The van der Waals surface area contributed by atoms with Crippen LogP contribution in [0.4, 0.5) is 0 Å². The first kappa shape index (κ1) is 15.7. The van der Waals surface area contributed by atoms with Gasteiger partial charge in [-0.1, -0.05) is 19.3 Å². The molecule has 2 aliphatic rings. The second-order valence-corrected chi connectivity index (χ2v) is 7.17. The van der Waals surface area contributed by atoms with Gasteiger partial charge in [0, 0.05) is 18.1 Å². The summed E-state index contributed by atoms with van der Waals surface area (Å²) >= 11 is 1.97. The van der Waals surface area contributed by atoms with Crippen LogP contribution in [-0.4, -0.2) is 37.3 Å². The van der Waals surface area contributed by atoms with Crippen LogP contribution in [0.15, 0.2) is 0 Å². The van der Waals surface area contributed by atoms with Gasteiger partial charge in [0.15, 0.2) is 0 Å². The van der Waals surface area contributed by atoms with Crippen molar-refractivity contribution >= 4 is 11.8 Å². The summed E-state index contributed by atoms with van der Waals surface area (Å²) in [6.07, 6.45) is 13.7. The maximum absolute atomic E-state index is 5.96. The molecular weight excluding hydrogens is 254 g/mol. The van der Waals surface area contributed by atoms with Crippen molar-refractivity contribution in [2.24, 2.45) is 5.41 Å². The summed E-state index contributed by atoms with van der Waals surface area (Å²) in [4.78, 5) is 0. The molecule has 19 heavy (non-hydrogen) atoms. The monoisotopic (exact) mass is 285 g/mol. The van der Waals surface area contributed by atoms with E-state index in [9.17, 15) is 0 Å². The van der Waals surface area contributed by atoms with Crippen LogP contribution in [0.25, 0.3) is 0 Å². The number of hydrogen-bond donors (Lipinski definition) is 1.